The third-order valence-electron chi connectivity index (χ3n) is 6.11. The average molecular weight is 463 g/mol. The highest BCUT2D eigenvalue weighted by Gasteiger charge is 2.32. The molecule has 0 amide bonds. The highest BCUT2D eigenvalue weighted by Crippen LogP contribution is 2.44. The molecule has 3 nitrogen and oxygen atoms in total. The molecule has 164 valence electrons. The van der Waals surface area contributed by atoms with Gasteiger partial charge in [-0.15, -0.1) is 11.3 Å². The highest BCUT2D eigenvalue weighted by atomic mass is 35.5. The van der Waals surface area contributed by atoms with Crippen LogP contribution in [0.15, 0.2) is 53.5 Å². The fourth-order valence-electron chi connectivity index (χ4n) is 4.05. The van der Waals surface area contributed by atoms with Crippen molar-refractivity contribution in [3.8, 4) is 11.8 Å². The van der Waals surface area contributed by atoms with Crippen LogP contribution in [0.1, 0.15) is 54.3 Å². The van der Waals surface area contributed by atoms with E-state index in [0.717, 1.165) is 51.7 Å². The Morgan fingerprint density at radius 2 is 1.88 bits per heavy atom. The zero-order valence-corrected chi connectivity index (χ0v) is 20.3. The van der Waals surface area contributed by atoms with Crippen LogP contribution in [0.25, 0.3) is 0 Å². The van der Waals surface area contributed by atoms with E-state index in [1.807, 2.05) is 54.7 Å². The van der Waals surface area contributed by atoms with Gasteiger partial charge in [-0.3, -0.25) is 0 Å². The molecule has 0 unspecified atom stereocenters. The van der Waals surface area contributed by atoms with Crippen LogP contribution in [0.4, 0.5) is 5.00 Å². The summed E-state index contributed by atoms with van der Waals surface area (Å²) in [6, 6.07) is 17.9. The van der Waals surface area contributed by atoms with Gasteiger partial charge < -0.3 is 4.74 Å². The summed E-state index contributed by atoms with van der Waals surface area (Å²) < 4.78 is 5.85. The number of hydrogen-bond acceptors (Lipinski definition) is 4. The lowest BCUT2D eigenvalue weighted by molar-refractivity contribution is 0.218. The molecule has 0 saturated carbocycles. The van der Waals surface area contributed by atoms with Crippen LogP contribution in [0.3, 0.4) is 0 Å². The Labute approximate surface area is 199 Å². The van der Waals surface area contributed by atoms with Crippen molar-refractivity contribution in [2.24, 2.45) is 16.3 Å². The first-order valence-corrected chi connectivity index (χ1v) is 12.1. The van der Waals surface area contributed by atoms with Gasteiger partial charge in [-0.2, -0.15) is 5.26 Å². The van der Waals surface area contributed by atoms with E-state index in [1.165, 1.54) is 10.4 Å². The number of benzene rings is 2. The van der Waals surface area contributed by atoms with Gasteiger partial charge in [-0.05, 0) is 83.7 Å². The molecular formula is C27H27ClN2OS. The van der Waals surface area contributed by atoms with E-state index >= 15 is 0 Å². The lowest BCUT2D eigenvalue weighted by Gasteiger charge is -2.33. The summed E-state index contributed by atoms with van der Waals surface area (Å²) in [5.74, 6) is 1.45. The summed E-state index contributed by atoms with van der Waals surface area (Å²) >= 11 is 7.60. The third-order valence-corrected chi connectivity index (χ3v) is 7.53. The summed E-state index contributed by atoms with van der Waals surface area (Å²) in [6.45, 7) is 7.42. The Balaban J connectivity index is 1.44. The third kappa shape index (κ3) is 5.23. The van der Waals surface area contributed by atoms with Gasteiger partial charge in [-0.1, -0.05) is 44.5 Å². The van der Waals surface area contributed by atoms with Gasteiger partial charge in [0, 0.05) is 16.1 Å². The Kier molecular flexibility index (Phi) is 6.69. The predicted molar refractivity (Wildman–Crippen MR) is 133 cm³/mol. The first-order valence-electron chi connectivity index (χ1n) is 10.9. The minimum atomic E-state index is 0.287. The Hall–Kier alpha value is -2.61. The van der Waals surface area contributed by atoms with E-state index in [0.29, 0.717) is 12.5 Å². The van der Waals surface area contributed by atoms with Crippen LogP contribution in [-0.4, -0.2) is 6.21 Å². The van der Waals surface area contributed by atoms with Crippen molar-refractivity contribution < 1.29 is 4.74 Å². The molecule has 0 saturated heterocycles. The molecule has 0 radical (unpaired) electrons. The van der Waals surface area contributed by atoms with Crippen molar-refractivity contribution >= 4 is 34.2 Å². The van der Waals surface area contributed by atoms with E-state index < -0.39 is 0 Å². The zero-order chi connectivity index (χ0) is 22.7. The van der Waals surface area contributed by atoms with Crippen LogP contribution >= 0.6 is 22.9 Å². The van der Waals surface area contributed by atoms with E-state index in [9.17, 15) is 5.26 Å². The maximum atomic E-state index is 9.75. The molecule has 0 bridgehead atoms. The molecule has 0 N–H and O–H groups in total. The van der Waals surface area contributed by atoms with Crippen molar-refractivity contribution in [1.29, 1.82) is 5.26 Å². The summed E-state index contributed by atoms with van der Waals surface area (Å²) in [7, 11) is 0. The highest BCUT2D eigenvalue weighted by molar-refractivity contribution is 7.16. The number of aliphatic imine (C=N–C) groups is 1. The quantitative estimate of drug-likeness (QED) is 0.364. The van der Waals surface area contributed by atoms with Crippen LogP contribution in [0.5, 0.6) is 5.75 Å². The summed E-state index contributed by atoms with van der Waals surface area (Å²) in [5.41, 5.74) is 4.31. The van der Waals surface area contributed by atoms with Crippen LogP contribution < -0.4 is 4.74 Å². The van der Waals surface area contributed by atoms with E-state index in [2.05, 4.69) is 31.8 Å². The Morgan fingerprint density at radius 3 is 2.53 bits per heavy atom. The molecule has 2 aromatic carbocycles. The molecule has 4 rings (SSSR count). The molecule has 3 aromatic rings. The van der Waals surface area contributed by atoms with Crippen LogP contribution in [0, 0.1) is 22.7 Å². The van der Waals surface area contributed by atoms with Crippen molar-refractivity contribution in [3.63, 3.8) is 0 Å². The molecule has 1 heterocycles. The van der Waals surface area contributed by atoms with Gasteiger partial charge >= 0.3 is 0 Å². The number of halogens is 1. The van der Waals surface area contributed by atoms with Gasteiger partial charge in [0.15, 0.2) is 0 Å². The van der Waals surface area contributed by atoms with Crippen molar-refractivity contribution in [2.75, 3.05) is 0 Å². The number of rotatable bonds is 5. The summed E-state index contributed by atoms with van der Waals surface area (Å²) in [4.78, 5) is 6.03. The second kappa shape index (κ2) is 9.48. The fraction of sp³-hybridized carbons (Fsp3) is 0.333. The zero-order valence-electron chi connectivity index (χ0n) is 18.7. The Bertz CT molecular complexity index is 1150. The molecule has 1 aliphatic rings. The fourth-order valence-corrected chi connectivity index (χ4v) is 5.40. The number of fused-ring (bicyclic) bond motifs is 1. The molecule has 5 heteroatoms. The number of thiophene rings is 1. The van der Waals surface area contributed by atoms with E-state index in [-0.39, 0.29) is 5.41 Å². The number of nitriles is 1. The summed E-state index contributed by atoms with van der Waals surface area (Å²) in [6.07, 6.45) is 5.00. The SMILES string of the molecule is CC(C)(C)[C@@H]1CCc2c(sc(N=Cc3ccc(OCc4ccc(Cl)cc4)cc3)c2C#N)C1. The maximum absolute atomic E-state index is 9.75. The minimum absolute atomic E-state index is 0.287. The molecular weight excluding hydrogens is 436 g/mol. The topological polar surface area (TPSA) is 45.4 Å². The Morgan fingerprint density at radius 1 is 1.16 bits per heavy atom. The first-order chi connectivity index (χ1) is 15.3. The van der Waals surface area contributed by atoms with Gasteiger partial charge in [0.2, 0.25) is 0 Å². The largest absolute Gasteiger partial charge is 0.489 e. The number of hydrogen-bond donors (Lipinski definition) is 0. The smallest absolute Gasteiger partial charge is 0.134 e. The number of ether oxygens (including phenoxy) is 1. The molecule has 1 atom stereocenters. The van der Waals surface area contributed by atoms with Gasteiger partial charge in [0.1, 0.15) is 23.4 Å². The number of nitrogens with zero attached hydrogens (tertiary/aromatic N) is 2. The lowest BCUT2D eigenvalue weighted by Crippen LogP contribution is -2.26. The summed E-state index contributed by atoms with van der Waals surface area (Å²) in [5, 5.41) is 11.3. The second-order valence-electron chi connectivity index (χ2n) is 9.34. The molecule has 0 fully saturated rings. The molecule has 1 aromatic heterocycles. The normalized spacial score (nSPS) is 16.0. The first kappa shape index (κ1) is 22.6. The molecule has 0 spiro atoms. The lowest BCUT2D eigenvalue weighted by atomic mass is 9.72. The maximum Gasteiger partial charge on any atom is 0.134 e. The van der Waals surface area contributed by atoms with Gasteiger partial charge in [0.05, 0.1) is 5.56 Å². The van der Waals surface area contributed by atoms with Crippen molar-refractivity contribution in [2.45, 2.75) is 46.6 Å². The van der Waals surface area contributed by atoms with E-state index in [4.69, 9.17) is 16.3 Å². The second-order valence-corrected chi connectivity index (χ2v) is 10.9. The predicted octanol–water partition coefficient (Wildman–Crippen LogP) is 7.75. The van der Waals surface area contributed by atoms with Crippen molar-refractivity contribution in [3.05, 3.63) is 80.7 Å². The molecule has 1 aliphatic carbocycles. The molecule has 32 heavy (non-hydrogen) atoms. The monoisotopic (exact) mass is 462 g/mol. The average Bonchev–Trinajstić information content (AvgIpc) is 3.14. The minimum Gasteiger partial charge on any atom is -0.489 e. The van der Waals surface area contributed by atoms with E-state index in [1.54, 1.807) is 11.3 Å². The van der Waals surface area contributed by atoms with Crippen LogP contribution in [0.2, 0.25) is 5.02 Å². The van der Waals surface area contributed by atoms with Crippen LogP contribution in [-0.2, 0) is 19.4 Å². The standard InChI is InChI=1S/C27H27ClN2OS/c1-27(2,3)20-8-13-23-24(15-29)26(32-25(23)14-20)30-16-18-6-11-22(12-7-18)31-17-19-4-9-21(28)10-5-19/h4-7,9-12,16,20H,8,13-14,17H2,1-3H3/t20-/m1/s1. The molecule has 0 aliphatic heterocycles. The van der Waals surface area contributed by atoms with Gasteiger partial charge in [-0.25, -0.2) is 4.99 Å². The van der Waals surface area contributed by atoms with Crippen molar-refractivity contribution in [1.82, 2.24) is 0 Å². The van der Waals surface area contributed by atoms with Gasteiger partial charge in [0.25, 0.3) is 0 Å².